The number of anilines is 1. The summed E-state index contributed by atoms with van der Waals surface area (Å²) in [6.07, 6.45) is 7.22. The van der Waals surface area contributed by atoms with Gasteiger partial charge in [-0.15, -0.1) is 0 Å². The summed E-state index contributed by atoms with van der Waals surface area (Å²) in [5.41, 5.74) is 2.84. The number of fused-ring (bicyclic) bond motifs is 1. The molecule has 1 fully saturated rings. The Labute approximate surface area is 109 Å². The minimum absolute atomic E-state index is 0.221. The van der Waals surface area contributed by atoms with Crippen LogP contribution in [-0.4, -0.2) is 12.6 Å². The van der Waals surface area contributed by atoms with Gasteiger partial charge in [0.15, 0.2) is 0 Å². The van der Waals surface area contributed by atoms with Crippen molar-refractivity contribution in [2.45, 2.75) is 44.6 Å². The number of nitrogens with zero attached hydrogens (tertiary/aromatic N) is 2. The third kappa shape index (κ3) is 1.99. The molecule has 0 amide bonds. The third-order valence-electron chi connectivity index (χ3n) is 4.47. The predicted octanol–water partition coefficient (Wildman–Crippen LogP) is 3.52. The molecule has 2 atom stereocenters. The molecule has 2 nitrogen and oxygen atoms in total. The third-order valence-corrected chi connectivity index (χ3v) is 4.47. The zero-order chi connectivity index (χ0) is 12.4. The van der Waals surface area contributed by atoms with Gasteiger partial charge in [0.1, 0.15) is 0 Å². The van der Waals surface area contributed by atoms with Crippen molar-refractivity contribution in [3.05, 3.63) is 29.8 Å². The van der Waals surface area contributed by atoms with Gasteiger partial charge in [0.2, 0.25) is 0 Å². The van der Waals surface area contributed by atoms with Gasteiger partial charge in [0.05, 0.1) is 12.0 Å². The lowest BCUT2D eigenvalue weighted by atomic mass is 9.94. The summed E-state index contributed by atoms with van der Waals surface area (Å²) in [5, 5.41) is 9.42. The molecule has 0 aromatic heterocycles. The minimum Gasteiger partial charge on any atom is -0.367 e. The van der Waals surface area contributed by atoms with Crippen molar-refractivity contribution in [3.8, 4) is 6.07 Å². The Morgan fingerprint density at radius 2 is 1.94 bits per heavy atom. The smallest absolute Gasteiger partial charge is 0.0677 e. The molecule has 1 saturated carbocycles. The molecule has 18 heavy (non-hydrogen) atoms. The Kier molecular flexibility index (Phi) is 3.23. The Morgan fingerprint density at radius 3 is 2.83 bits per heavy atom. The van der Waals surface area contributed by atoms with E-state index in [4.69, 9.17) is 0 Å². The normalized spacial score (nSPS) is 27.4. The zero-order valence-corrected chi connectivity index (χ0v) is 10.8. The van der Waals surface area contributed by atoms with E-state index < -0.39 is 0 Å². The van der Waals surface area contributed by atoms with Crippen molar-refractivity contribution in [1.82, 2.24) is 0 Å². The summed E-state index contributed by atoms with van der Waals surface area (Å²) in [6, 6.07) is 11.7. The van der Waals surface area contributed by atoms with Gasteiger partial charge in [-0.2, -0.15) is 5.26 Å². The van der Waals surface area contributed by atoms with E-state index in [0.717, 1.165) is 19.4 Å². The molecule has 1 aliphatic carbocycles. The lowest BCUT2D eigenvalue weighted by molar-refractivity contribution is 0.455. The van der Waals surface area contributed by atoms with Crippen LogP contribution < -0.4 is 4.90 Å². The van der Waals surface area contributed by atoms with Crippen molar-refractivity contribution >= 4 is 5.69 Å². The van der Waals surface area contributed by atoms with Gasteiger partial charge in [-0.1, -0.05) is 37.5 Å². The second-order valence-corrected chi connectivity index (χ2v) is 5.51. The van der Waals surface area contributed by atoms with E-state index in [9.17, 15) is 5.26 Å². The first-order valence-electron chi connectivity index (χ1n) is 7.14. The van der Waals surface area contributed by atoms with Crippen molar-refractivity contribution in [3.63, 3.8) is 0 Å². The van der Waals surface area contributed by atoms with E-state index in [1.807, 2.05) is 0 Å². The number of para-hydroxylation sites is 1. The highest BCUT2D eigenvalue weighted by Gasteiger charge is 2.32. The van der Waals surface area contributed by atoms with Crippen LogP contribution in [0, 0.1) is 17.2 Å². The maximum Gasteiger partial charge on any atom is 0.0677 e. The number of hydrogen-bond donors (Lipinski definition) is 0. The molecule has 0 N–H and O–H groups in total. The van der Waals surface area contributed by atoms with Gasteiger partial charge in [0.25, 0.3) is 0 Å². The van der Waals surface area contributed by atoms with E-state index in [2.05, 4.69) is 35.2 Å². The molecule has 2 aliphatic rings. The molecule has 1 heterocycles. The molecular formula is C16H20N2. The van der Waals surface area contributed by atoms with Crippen LogP contribution in [0.4, 0.5) is 5.69 Å². The fourth-order valence-electron chi connectivity index (χ4n) is 3.52. The lowest BCUT2D eigenvalue weighted by Crippen LogP contribution is -2.38. The molecular weight excluding hydrogens is 220 g/mol. The van der Waals surface area contributed by atoms with E-state index in [0.29, 0.717) is 6.04 Å². The SMILES string of the molecule is N#CC1CCCCCC1N1CCc2ccccc21. The fourth-order valence-corrected chi connectivity index (χ4v) is 3.52. The van der Waals surface area contributed by atoms with Gasteiger partial charge >= 0.3 is 0 Å². The average Bonchev–Trinajstić information content (AvgIpc) is 2.69. The predicted molar refractivity (Wildman–Crippen MR) is 73.5 cm³/mol. The first kappa shape index (κ1) is 11.6. The molecule has 2 unspecified atom stereocenters. The van der Waals surface area contributed by atoms with Crippen LogP contribution in [0.15, 0.2) is 24.3 Å². The molecule has 0 spiro atoms. The molecule has 1 aromatic rings. The van der Waals surface area contributed by atoms with Crippen molar-refractivity contribution in [2.75, 3.05) is 11.4 Å². The van der Waals surface area contributed by atoms with Crippen LogP contribution in [0.3, 0.4) is 0 Å². The molecule has 3 rings (SSSR count). The van der Waals surface area contributed by atoms with Crippen molar-refractivity contribution in [1.29, 1.82) is 5.26 Å². The standard InChI is InChI=1S/C16H20N2/c17-12-14-7-2-1-3-8-16(14)18-11-10-13-6-4-5-9-15(13)18/h4-6,9,14,16H,1-3,7-8,10-11H2. The highest BCUT2D eigenvalue weighted by molar-refractivity contribution is 5.58. The number of rotatable bonds is 1. The van der Waals surface area contributed by atoms with Crippen LogP contribution in [-0.2, 0) is 6.42 Å². The van der Waals surface area contributed by atoms with Crippen LogP contribution in [0.5, 0.6) is 0 Å². The molecule has 1 aromatic carbocycles. The molecule has 0 saturated heterocycles. The maximum absolute atomic E-state index is 9.42. The first-order valence-corrected chi connectivity index (χ1v) is 7.14. The Hall–Kier alpha value is -1.49. The van der Waals surface area contributed by atoms with Gasteiger partial charge in [0, 0.05) is 18.3 Å². The molecule has 0 bridgehead atoms. The summed E-state index contributed by atoms with van der Waals surface area (Å²) >= 11 is 0. The summed E-state index contributed by atoms with van der Waals surface area (Å²) in [6.45, 7) is 1.10. The first-order chi connectivity index (χ1) is 8.90. The summed E-state index contributed by atoms with van der Waals surface area (Å²) < 4.78 is 0. The molecule has 1 aliphatic heterocycles. The number of nitriles is 1. The topological polar surface area (TPSA) is 27.0 Å². The van der Waals surface area contributed by atoms with Crippen LogP contribution in [0.25, 0.3) is 0 Å². The van der Waals surface area contributed by atoms with Gasteiger partial charge in [-0.3, -0.25) is 0 Å². The summed E-state index contributed by atoms with van der Waals surface area (Å²) in [4.78, 5) is 2.51. The minimum atomic E-state index is 0.221. The van der Waals surface area contributed by atoms with Crippen LogP contribution >= 0.6 is 0 Å². The monoisotopic (exact) mass is 240 g/mol. The van der Waals surface area contributed by atoms with Gasteiger partial charge < -0.3 is 4.90 Å². The summed E-state index contributed by atoms with van der Waals surface area (Å²) in [5.74, 6) is 0.221. The quantitative estimate of drug-likeness (QED) is 0.702. The van der Waals surface area contributed by atoms with Crippen LogP contribution in [0.2, 0.25) is 0 Å². The summed E-state index contributed by atoms with van der Waals surface area (Å²) in [7, 11) is 0. The second kappa shape index (κ2) is 5.02. The Morgan fingerprint density at radius 1 is 1.11 bits per heavy atom. The fraction of sp³-hybridized carbons (Fsp3) is 0.562. The Balaban J connectivity index is 1.88. The van der Waals surface area contributed by atoms with Crippen molar-refractivity contribution < 1.29 is 0 Å². The van der Waals surface area contributed by atoms with E-state index >= 15 is 0 Å². The zero-order valence-electron chi connectivity index (χ0n) is 10.8. The lowest BCUT2D eigenvalue weighted by Gasteiger charge is -2.32. The second-order valence-electron chi connectivity index (χ2n) is 5.51. The van der Waals surface area contributed by atoms with Gasteiger partial charge in [-0.05, 0) is 30.9 Å². The Bertz CT molecular complexity index is 460. The number of hydrogen-bond acceptors (Lipinski definition) is 2. The van der Waals surface area contributed by atoms with Crippen LogP contribution in [0.1, 0.15) is 37.7 Å². The molecule has 2 heteroatoms. The van der Waals surface area contributed by atoms with E-state index in [1.54, 1.807) is 0 Å². The largest absolute Gasteiger partial charge is 0.367 e. The highest BCUT2D eigenvalue weighted by atomic mass is 15.2. The average molecular weight is 240 g/mol. The van der Waals surface area contributed by atoms with E-state index in [1.165, 1.54) is 36.9 Å². The molecule has 94 valence electrons. The maximum atomic E-state index is 9.42. The van der Waals surface area contributed by atoms with Crippen molar-refractivity contribution in [2.24, 2.45) is 5.92 Å². The molecule has 0 radical (unpaired) electrons. The van der Waals surface area contributed by atoms with Gasteiger partial charge in [-0.25, -0.2) is 0 Å². The highest BCUT2D eigenvalue weighted by Crippen LogP contribution is 2.35. The number of benzene rings is 1. The van der Waals surface area contributed by atoms with E-state index in [-0.39, 0.29) is 5.92 Å².